The molecule has 0 saturated heterocycles. The molecule has 134 valence electrons. The lowest BCUT2D eigenvalue weighted by Crippen LogP contribution is -2.45. The van der Waals surface area contributed by atoms with Crippen molar-refractivity contribution in [1.29, 1.82) is 0 Å². The number of carboxylic acids is 1. The number of aromatic nitrogens is 4. The number of benzene rings is 1. The third kappa shape index (κ3) is 2.90. The summed E-state index contributed by atoms with van der Waals surface area (Å²) < 4.78 is 1.92. The normalized spacial score (nSPS) is 17.2. The Morgan fingerprint density at radius 2 is 2.15 bits per heavy atom. The third-order valence-corrected chi connectivity index (χ3v) is 4.88. The number of aryl methyl sites for hydroxylation is 2. The Morgan fingerprint density at radius 1 is 1.35 bits per heavy atom. The van der Waals surface area contributed by atoms with Crippen LogP contribution in [0.5, 0.6) is 0 Å². The first-order valence-corrected chi connectivity index (χ1v) is 8.62. The van der Waals surface area contributed by atoms with Crippen LogP contribution < -0.4 is 0 Å². The van der Waals surface area contributed by atoms with Gasteiger partial charge < -0.3 is 10.1 Å². The summed E-state index contributed by atoms with van der Waals surface area (Å²) in [5, 5.41) is 14.3. The highest BCUT2D eigenvalue weighted by Gasteiger charge is 2.33. The summed E-state index contributed by atoms with van der Waals surface area (Å²) in [6, 6.07) is 9.47. The Hall–Kier alpha value is -2.93. The fraction of sp³-hybridized carbons (Fsp3) is 0.316. The molecule has 0 spiro atoms. The molecule has 0 fully saturated rings. The van der Waals surface area contributed by atoms with Gasteiger partial charge in [0.15, 0.2) is 0 Å². The van der Waals surface area contributed by atoms with Crippen LogP contribution in [0.4, 0.5) is 0 Å². The van der Waals surface area contributed by atoms with E-state index >= 15 is 0 Å². The van der Waals surface area contributed by atoms with Gasteiger partial charge in [-0.25, -0.2) is 9.67 Å². The van der Waals surface area contributed by atoms with Gasteiger partial charge in [0, 0.05) is 25.2 Å². The van der Waals surface area contributed by atoms with Gasteiger partial charge in [0.1, 0.15) is 6.04 Å². The number of hydrogen-bond acceptors (Lipinski definition) is 4. The first-order chi connectivity index (χ1) is 12.5. The molecular formula is C19H21N5O2. The van der Waals surface area contributed by atoms with Crippen molar-refractivity contribution in [2.75, 3.05) is 0 Å². The predicted molar refractivity (Wildman–Crippen MR) is 96.0 cm³/mol. The first-order valence-electron chi connectivity index (χ1n) is 8.62. The molecule has 1 aliphatic heterocycles. The van der Waals surface area contributed by atoms with Crippen molar-refractivity contribution in [2.24, 2.45) is 0 Å². The molecule has 3 aromatic rings. The third-order valence-electron chi connectivity index (χ3n) is 4.88. The molecule has 7 nitrogen and oxygen atoms in total. The van der Waals surface area contributed by atoms with E-state index in [1.807, 2.05) is 53.8 Å². The molecule has 0 radical (unpaired) electrons. The van der Waals surface area contributed by atoms with Crippen LogP contribution in [0.15, 0.2) is 36.7 Å². The van der Waals surface area contributed by atoms with Crippen molar-refractivity contribution in [3.8, 4) is 5.69 Å². The van der Waals surface area contributed by atoms with Gasteiger partial charge in [0.2, 0.25) is 0 Å². The molecule has 3 heterocycles. The van der Waals surface area contributed by atoms with Crippen LogP contribution in [-0.4, -0.2) is 41.8 Å². The number of carboxylic acid groups (broad SMARTS) is 1. The largest absolute Gasteiger partial charge is 0.480 e. The van der Waals surface area contributed by atoms with Crippen molar-refractivity contribution < 1.29 is 9.90 Å². The van der Waals surface area contributed by atoms with Crippen molar-refractivity contribution in [3.05, 3.63) is 65.0 Å². The number of nitrogens with one attached hydrogen (secondary N) is 1. The van der Waals surface area contributed by atoms with Gasteiger partial charge in [-0.15, -0.1) is 0 Å². The number of hydrogen-bond donors (Lipinski definition) is 2. The number of carbonyl (C=O) groups is 1. The average Bonchev–Trinajstić information content (AvgIpc) is 3.19. The summed E-state index contributed by atoms with van der Waals surface area (Å²) >= 11 is 0. The highest BCUT2D eigenvalue weighted by molar-refractivity contribution is 5.74. The highest BCUT2D eigenvalue weighted by atomic mass is 16.4. The van der Waals surface area contributed by atoms with Gasteiger partial charge in [0.05, 0.1) is 29.1 Å². The van der Waals surface area contributed by atoms with Crippen LogP contribution in [0.25, 0.3) is 5.69 Å². The van der Waals surface area contributed by atoms with Crippen LogP contribution >= 0.6 is 0 Å². The van der Waals surface area contributed by atoms with Gasteiger partial charge in [-0.05, 0) is 31.5 Å². The van der Waals surface area contributed by atoms with Gasteiger partial charge >= 0.3 is 5.97 Å². The minimum absolute atomic E-state index is 0.413. The lowest BCUT2D eigenvalue weighted by Gasteiger charge is -2.32. The van der Waals surface area contributed by atoms with E-state index in [4.69, 9.17) is 0 Å². The fourth-order valence-corrected chi connectivity index (χ4v) is 3.64. The van der Waals surface area contributed by atoms with Crippen molar-refractivity contribution in [2.45, 2.75) is 39.4 Å². The van der Waals surface area contributed by atoms with E-state index < -0.39 is 12.0 Å². The van der Waals surface area contributed by atoms with Crippen LogP contribution in [0.1, 0.15) is 28.3 Å². The topological polar surface area (TPSA) is 87.0 Å². The maximum atomic E-state index is 11.8. The minimum atomic E-state index is -0.817. The molecule has 0 saturated carbocycles. The fourth-order valence-electron chi connectivity index (χ4n) is 3.64. The highest BCUT2D eigenvalue weighted by Crippen LogP contribution is 2.25. The monoisotopic (exact) mass is 351 g/mol. The molecule has 2 aromatic heterocycles. The summed E-state index contributed by atoms with van der Waals surface area (Å²) in [7, 11) is 0. The summed E-state index contributed by atoms with van der Waals surface area (Å²) in [6.07, 6.45) is 2.05. The van der Waals surface area contributed by atoms with E-state index in [0.717, 1.165) is 34.0 Å². The van der Waals surface area contributed by atoms with E-state index in [1.54, 1.807) is 6.33 Å². The zero-order chi connectivity index (χ0) is 18.3. The summed E-state index contributed by atoms with van der Waals surface area (Å²) in [5.74, 6) is -0.817. The smallest absolute Gasteiger partial charge is 0.321 e. The Labute approximate surface area is 151 Å². The van der Waals surface area contributed by atoms with Gasteiger partial charge in [-0.1, -0.05) is 18.2 Å². The quantitative estimate of drug-likeness (QED) is 0.753. The van der Waals surface area contributed by atoms with Gasteiger partial charge in [0.25, 0.3) is 0 Å². The minimum Gasteiger partial charge on any atom is -0.480 e. The molecule has 0 unspecified atom stereocenters. The van der Waals surface area contributed by atoms with E-state index in [0.29, 0.717) is 19.5 Å². The van der Waals surface area contributed by atoms with Gasteiger partial charge in [-0.2, -0.15) is 5.10 Å². The number of fused-ring (bicyclic) bond motifs is 1. The molecule has 0 bridgehead atoms. The predicted octanol–water partition coefficient (Wildman–Crippen LogP) is 2.22. The van der Waals surface area contributed by atoms with Gasteiger partial charge in [-0.3, -0.25) is 9.69 Å². The number of para-hydroxylation sites is 1. The van der Waals surface area contributed by atoms with Crippen LogP contribution in [-0.2, 0) is 24.3 Å². The van der Waals surface area contributed by atoms with E-state index in [1.165, 1.54) is 0 Å². The van der Waals surface area contributed by atoms with E-state index in [9.17, 15) is 9.90 Å². The van der Waals surface area contributed by atoms with Crippen molar-refractivity contribution >= 4 is 5.97 Å². The molecule has 0 aliphatic carbocycles. The maximum absolute atomic E-state index is 11.8. The number of aromatic amines is 1. The number of aliphatic carboxylic acids is 1. The van der Waals surface area contributed by atoms with Crippen LogP contribution in [0.3, 0.4) is 0 Å². The standard InChI is InChI=1S/C19H21N5O2/c1-12-7-13(2)24(22-12)17-6-4-3-5-14(17)9-23-10-16-15(20-11-21-16)8-18(23)19(25)26/h3-7,11,18H,8-10H2,1-2H3,(H,20,21)(H,25,26)/t18-/m1/s1. The molecular weight excluding hydrogens is 330 g/mol. The summed E-state index contributed by atoms with van der Waals surface area (Å²) in [4.78, 5) is 21.2. The second kappa shape index (κ2) is 6.42. The molecule has 7 heteroatoms. The summed E-state index contributed by atoms with van der Waals surface area (Å²) in [6.45, 7) is 5.06. The average molecular weight is 351 g/mol. The Bertz CT molecular complexity index is 959. The lowest BCUT2D eigenvalue weighted by molar-refractivity contribution is -0.144. The molecule has 2 N–H and O–H groups in total. The molecule has 1 aromatic carbocycles. The van der Waals surface area contributed by atoms with Crippen LogP contribution in [0, 0.1) is 13.8 Å². The van der Waals surface area contributed by atoms with Crippen molar-refractivity contribution in [3.63, 3.8) is 0 Å². The van der Waals surface area contributed by atoms with Crippen LogP contribution in [0.2, 0.25) is 0 Å². The Balaban J connectivity index is 1.69. The van der Waals surface area contributed by atoms with Crippen molar-refractivity contribution in [1.82, 2.24) is 24.6 Å². The van der Waals surface area contributed by atoms with E-state index in [-0.39, 0.29) is 0 Å². The molecule has 1 aliphatic rings. The molecule has 0 amide bonds. The SMILES string of the molecule is Cc1cc(C)n(-c2ccccc2CN2Cc3[nH]cnc3C[C@@H]2C(=O)O)n1. The number of rotatable bonds is 4. The lowest BCUT2D eigenvalue weighted by atomic mass is 10.0. The number of imidazole rings is 1. The zero-order valence-corrected chi connectivity index (χ0v) is 14.8. The number of nitrogens with zero attached hydrogens (tertiary/aromatic N) is 4. The van der Waals surface area contributed by atoms with E-state index in [2.05, 4.69) is 15.1 Å². The zero-order valence-electron chi connectivity index (χ0n) is 14.8. The second-order valence-corrected chi connectivity index (χ2v) is 6.76. The molecule has 4 rings (SSSR count). The second-order valence-electron chi connectivity index (χ2n) is 6.76. The Morgan fingerprint density at radius 3 is 2.88 bits per heavy atom. The first kappa shape index (κ1) is 16.5. The Kier molecular flexibility index (Phi) is 4.08. The maximum Gasteiger partial charge on any atom is 0.321 e. The number of H-pyrrole nitrogens is 1. The molecule has 26 heavy (non-hydrogen) atoms. The summed E-state index contributed by atoms with van der Waals surface area (Å²) in [5.41, 5.74) is 5.89. The molecule has 1 atom stereocenters.